The summed E-state index contributed by atoms with van der Waals surface area (Å²) in [7, 11) is 2.03. The van der Waals surface area contributed by atoms with E-state index in [-0.39, 0.29) is 5.75 Å². The topological polar surface area (TPSA) is 20.2 Å². The van der Waals surface area contributed by atoms with Crippen LogP contribution in [0.1, 0.15) is 0 Å². The molecule has 1 nitrogen and oxygen atoms in total. The molecule has 0 aromatic heterocycles. The lowest BCUT2D eigenvalue weighted by molar-refractivity contribution is 0.476. The molecule has 64 valence electrons. The van der Waals surface area contributed by atoms with Crippen LogP contribution in [0.25, 0.3) is 10.8 Å². The van der Waals surface area contributed by atoms with Crippen LogP contribution >= 0.6 is 11.6 Å². The first kappa shape index (κ1) is 8.45. The van der Waals surface area contributed by atoms with Crippen molar-refractivity contribution in [3.63, 3.8) is 0 Å². The van der Waals surface area contributed by atoms with Crippen LogP contribution in [0, 0.1) is 0 Å². The van der Waals surface area contributed by atoms with Gasteiger partial charge in [0.25, 0.3) is 0 Å². The van der Waals surface area contributed by atoms with E-state index in [2.05, 4.69) is 0 Å². The van der Waals surface area contributed by atoms with E-state index < -0.39 is 0 Å². The smallest absolute Gasteiger partial charge is 0.139 e. The molecule has 0 amide bonds. The van der Waals surface area contributed by atoms with Gasteiger partial charge in [-0.05, 0) is 11.5 Å². The monoisotopic (exact) mass is 190 g/mol. The lowest BCUT2D eigenvalue weighted by Crippen LogP contribution is -1.99. The molecule has 0 heterocycles. The number of halogens is 1. The molecule has 0 unspecified atom stereocenters. The van der Waals surface area contributed by atoms with Gasteiger partial charge in [0.15, 0.2) is 0 Å². The SMILES string of the molecule is Bc1ccc2c(Cl)c(O)ccc2c1. The summed E-state index contributed by atoms with van der Waals surface area (Å²) in [6.07, 6.45) is 0. The minimum absolute atomic E-state index is 0.137. The fraction of sp³-hybridized carbons (Fsp3) is 0. The number of aromatic hydroxyl groups is 1. The Labute approximate surface area is 82.4 Å². The molecule has 0 radical (unpaired) electrons. The van der Waals surface area contributed by atoms with E-state index in [1.165, 1.54) is 5.46 Å². The zero-order valence-electron chi connectivity index (χ0n) is 7.21. The highest BCUT2D eigenvalue weighted by Gasteiger charge is 2.03. The predicted molar refractivity (Wildman–Crippen MR) is 58.8 cm³/mol. The second-order valence-corrected chi connectivity index (χ2v) is 3.50. The first-order valence-corrected chi connectivity index (χ1v) is 4.44. The molecule has 0 aliphatic heterocycles. The van der Waals surface area contributed by atoms with E-state index in [1.54, 1.807) is 6.07 Å². The summed E-state index contributed by atoms with van der Waals surface area (Å²) < 4.78 is 0. The molecule has 0 aliphatic carbocycles. The van der Waals surface area contributed by atoms with Gasteiger partial charge in [-0.25, -0.2) is 0 Å². The number of hydrogen-bond acceptors (Lipinski definition) is 1. The van der Waals surface area contributed by atoms with Crippen LogP contribution in [-0.4, -0.2) is 13.0 Å². The van der Waals surface area contributed by atoms with Crippen molar-refractivity contribution in [1.82, 2.24) is 0 Å². The molecular formula is C10H8BClO. The van der Waals surface area contributed by atoms with Crippen LogP contribution in [0.5, 0.6) is 5.75 Å². The number of hydrogen-bond donors (Lipinski definition) is 1. The lowest BCUT2D eigenvalue weighted by atomic mass is 9.93. The van der Waals surface area contributed by atoms with Crippen LogP contribution in [0.3, 0.4) is 0 Å². The summed E-state index contributed by atoms with van der Waals surface area (Å²) in [4.78, 5) is 0. The number of fused-ring (bicyclic) bond motifs is 1. The number of phenolic OH excluding ortho intramolecular Hbond substituents is 1. The molecule has 1 N–H and O–H groups in total. The standard InChI is InChI=1S/C10H8BClO/c11-7-2-3-8-6(5-7)1-4-9(13)10(8)12/h1-5,13H,11H2. The van der Waals surface area contributed by atoms with Crippen LogP contribution in [-0.2, 0) is 0 Å². The Morgan fingerprint density at radius 2 is 1.92 bits per heavy atom. The maximum absolute atomic E-state index is 9.35. The van der Waals surface area contributed by atoms with E-state index in [0.717, 1.165) is 10.8 Å². The van der Waals surface area contributed by atoms with Crippen molar-refractivity contribution in [3.05, 3.63) is 35.4 Å². The summed E-state index contributed by atoms with van der Waals surface area (Å²) in [5.41, 5.74) is 1.19. The van der Waals surface area contributed by atoms with Gasteiger partial charge in [0, 0.05) is 5.39 Å². The fourth-order valence-corrected chi connectivity index (χ4v) is 1.63. The Morgan fingerprint density at radius 3 is 2.69 bits per heavy atom. The first-order chi connectivity index (χ1) is 6.18. The second kappa shape index (κ2) is 2.97. The van der Waals surface area contributed by atoms with Crippen LogP contribution in [0.4, 0.5) is 0 Å². The van der Waals surface area contributed by atoms with Crippen molar-refractivity contribution in [3.8, 4) is 5.75 Å². The average Bonchev–Trinajstić information content (AvgIpc) is 2.12. The zero-order valence-corrected chi connectivity index (χ0v) is 7.97. The van der Waals surface area contributed by atoms with Crippen LogP contribution < -0.4 is 5.46 Å². The van der Waals surface area contributed by atoms with Gasteiger partial charge >= 0.3 is 0 Å². The van der Waals surface area contributed by atoms with E-state index in [4.69, 9.17) is 11.6 Å². The molecule has 0 saturated carbocycles. The van der Waals surface area contributed by atoms with Gasteiger partial charge in [-0.15, -0.1) is 0 Å². The van der Waals surface area contributed by atoms with Crippen molar-refractivity contribution in [2.24, 2.45) is 0 Å². The van der Waals surface area contributed by atoms with Gasteiger partial charge in [-0.2, -0.15) is 0 Å². The number of rotatable bonds is 0. The summed E-state index contributed by atoms with van der Waals surface area (Å²) >= 11 is 5.93. The van der Waals surface area contributed by atoms with Crippen LogP contribution in [0.15, 0.2) is 30.3 Å². The highest BCUT2D eigenvalue weighted by atomic mass is 35.5. The maximum atomic E-state index is 9.35. The third kappa shape index (κ3) is 1.38. The highest BCUT2D eigenvalue weighted by Crippen LogP contribution is 2.30. The molecule has 0 spiro atoms. The molecule has 2 rings (SSSR count). The molecule has 2 aromatic carbocycles. The molecule has 0 bridgehead atoms. The van der Waals surface area contributed by atoms with E-state index >= 15 is 0 Å². The fourth-order valence-electron chi connectivity index (χ4n) is 1.40. The van der Waals surface area contributed by atoms with E-state index in [0.29, 0.717) is 5.02 Å². The normalized spacial score (nSPS) is 10.5. The summed E-state index contributed by atoms with van der Waals surface area (Å²) in [5.74, 6) is 0.137. The third-order valence-corrected chi connectivity index (χ3v) is 2.49. The van der Waals surface area contributed by atoms with Crippen molar-refractivity contribution < 1.29 is 5.11 Å². The third-order valence-electron chi connectivity index (χ3n) is 2.09. The minimum Gasteiger partial charge on any atom is -0.506 e. The van der Waals surface area contributed by atoms with Gasteiger partial charge in [0.2, 0.25) is 0 Å². The van der Waals surface area contributed by atoms with E-state index in [9.17, 15) is 5.11 Å². The van der Waals surface area contributed by atoms with Gasteiger partial charge in [-0.1, -0.05) is 41.3 Å². The Balaban J connectivity index is 2.87. The Bertz CT molecular complexity index is 468. The summed E-state index contributed by atoms with van der Waals surface area (Å²) in [6, 6.07) is 9.43. The molecule has 0 atom stereocenters. The molecule has 3 heteroatoms. The van der Waals surface area contributed by atoms with Gasteiger partial charge in [0.05, 0.1) is 5.02 Å². The minimum atomic E-state index is 0.137. The lowest BCUT2D eigenvalue weighted by Gasteiger charge is -2.03. The van der Waals surface area contributed by atoms with Crippen LogP contribution in [0.2, 0.25) is 5.02 Å². The molecule has 0 saturated heterocycles. The molecule has 13 heavy (non-hydrogen) atoms. The zero-order chi connectivity index (χ0) is 9.42. The van der Waals surface area contributed by atoms with Crippen molar-refractivity contribution in [2.45, 2.75) is 0 Å². The molecular weight excluding hydrogens is 182 g/mol. The predicted octanol–water partition coefficient (Wildman–Crippen LogP) is 1.46. The van der Waals surface area contributed by atoms with Crippen molar-refractivity contribution in [2.75, 3.05) is 0 Å². The Kier molecular flexibility index (Phi) is 1.93. The van der Waals surface area contributed by atoms with Gasteiger partial charge < -0.3 is 5.11 Å². The Hall–Kier alpha value is -1.15. The Morgan fingerprint density at radius 1 is 1.15 bits per heavy atom. The quantitative estimate of drug-likeness (QED) is 0.624. The van der Waals surface area contributed by atoms with Gasteiger partial charge in [-0.3, -0.25) is 0 Å². The summed E-state index contributed by atoms with van der Waals surface area (Å²) in [6.45, 7) is 0. The highest BCUT2D eigenvalue weighted by molar-refractivity contribution is 6.38. The van der Waals surface area contributed by atoms with Crippen molar-refractivity contribution >= 4 is 35.7 Å². The largest absolute Gasteiger partial charge is 0.506 e. The second-order valence-electron chi connectivity index (χ2n) is 3.12. The number of phenols is 1. The molecule has 2 aromatic rings. The van der Waals surface area contributed by atoms with Crippen molar-refractivity contribution in [1.29, 1.82) is 0 Å². The van der Waals surface area contributed by atoms with E-state index in [1.807, 2.05) is 32.1 Å². The molecule has 0 aliphatic rings. The number of benzene rings is 2. The first-order valence-electron chi connectivity index (χ1n) is 4.06. The maximum Gasteiger partial charge on any atom is 0.139 e. The summed E-state index contributed by atoms with van der Waals surface area (Å²) in [5, 5.41) is 11.7. The van der Waals surface area contributed by atoms with Gasteiger partial charge in [0.1, 0.15) is 13.6 Å². The average molecular weight is 190 g/mol. The molecule has 0 fully saturated rings.